The van der Waals surface area contributed by atoms with E-state index in [1.807, 2.05) is 30.0 Å². The summed E-state index contributed by atoms with van der Waals surface area (Å²) < 4.78 is 1.46. The summed E-state index contributed by atoms with van der Waals surface area (Å²) in [5, 5.41) is 21.2. The number of aromatic nitrogens is 4. The quantitative estimate of drug-likeness (QED) is 0.199. The van der Waals surface area contributed by atoms with Crippen LogP contribution in [-0.2, 0) is 28.9 Å². The third-order valence-corrected chi connectivity index (χ3v) is 9.64. The van der Waals surface area contributed by atoms with Crippen molar-refractivity contribution in [3.05, 3.63) is 141 Å². The molecular weight excluding hydrogens is 668 g/mol. The van der Waals surface area contributed by atoms with Gasteiger partial charge in [-0.1, -0.05) is 53.6 Å². The Morgan fingerprint density at radius 1 is 0.941 bits per heavy atom. The molecule has 11 nitrogen and oxygen atoms in total. The van der Waals surface area contributed by atoms with Gasteiger partial charge in [-0.3, -0.25) is 14.4 Å². The number of halogens is 1. The Morgan fingerprint density at radius 2 is 1.75 bits per heavy atom. The van der Waals surface area contributed by atoms with Crippen LogP contribution in [0.2, 0.25) is 5.02 Å². The van der Waals surface area contributed by atoms with E-state index >= 15 is 0 Å². The molecule has 2 aliphatic heterocycles. The molecule has 5 aromatic rings. The van der Waals surface area contributed by atoms with Crippen LogP contribution in [0.25, 0.3) is 11.8 Å². The number of ketones is 1. The van der Waals surface area contributed by atoms with E-state index in [2.05, 4.69) is 21.6 Å². The van der Waals surface area contributed by atoms with Crippen LogP contribution in [0.4, 0.5) is 5.69 Å². The third-order valence-electron chi connectivity index (χ3n) is 9.41. The average molecular weight is 701 g/mol. The van der Waals surface area contributed by atoms with Crippen LogP contribution in [0.15, 0.2) is 91.3 Å². The van der Waals surface area contributed by atoms with Crippen LogP contribution >= 0.6 is 11.6 Å². The van der Waals surface area contributed by atoms with Gasteiger partial charge in [0, 0.05) is 47.4 Å². The minimum atomic E-state index is -1.07. The molecule has 51 heavy (non-hydrogen) atoms. The molecule has 7 rings (SSSR count). The highest BCUT2D eigenvalue weighted by molar-refractivity contribution is 6.30. The smallest absolute Gasteiger partial charge is 0.335 e. The number of rotatable bonds is 8. The summed E-state index contributed by atoms with van der Waals surface area (Å²) in [6.07, 6.45) is 6.51. The van der Waals surface area contributed by atoms with Crippen LogP contribution in [0.3, 0.4) is 0 Å². The number of carboxylic acid groups (broad SMARTS) is 1. The van der Waals surface area contributed by atoms with Gasteiger partial charge in [0.2, 0.25) is 5.91 Å². The Hall–Kier alpha value is -5.94. The number of carbonyl (C=O) groups is 4. The summed E-state index contributed by atoms with van der Waals surface area (Å²) in [6, 6.07) is 21.7. The minimum Gasteiger partial charge on any atom is -0.478 e. The van der Waals surface area contributed by atoms with Crippen LogP contribution < -0.4 is 4.90 Å². The van der Waals surface area contributed by atoms with Crippen molar-refractivity contribution in [1.29, 1.82) is 0 Å². The number of tetrazole rings is 1. The molecule has 0 saturated carbocycles. The molecular formula is C39H33ClN6O5. The fraction of sp³-hybridized carbons (Fsp3) is 0.205. The zero-order valence-electron chi connectivity index (χ0n) is 27.7. The van der Waals surface area contributed by atoms with E-state index in [0.717, 1.165) is 35.2 Å². The van der Waals surface area contributed by atoms with Gasteiger partial charge in [0.15, 0.2) is 5.78 Å². The molecule has 1 aromatic heterocycles. The summed E-state index contributed by atoms with van der Waals surface area (Å²) in [7, 11) is 0. The van der Waals surface area contributed by atoms with Gasteiger partial charge in [0.25, 0.3) is 5.91 Å². The Morgan fingerprint density at radius 3 is 2.51 bits per heavy atom. The molecule has 12 heteroatoms. The first kappa shape index (κ1) is 33.6. The number of Topliss-reactive ketones (excluding diaryl/α,β-unsaturated/α-hetero) is 1. The van der Waals surface area contributed by atoms with Crippen molar-refractivity contribution >= 4 is 46.9 Å². The van der Waals surface area contributed by atoms with Crippen molar-refractivity contribution in [2.45, 2.75) is 38.6 Å². The lowest BCUT2D eigenvalue weighted by molar-refractivity contribution is -0.136. The van der Waals surface area contributed by atoms with Crippen molar-refractivity contribution in [2.75, 3.05) is 18.0 Å². The summed E-state index contributed by atoms with van der Waals surface area (Å²) in [4.78, 5) is 57.4. The number of aromatic carboxylic acids is 1. The number of benzene rings is 4. The number of aryl methyl sites for hydroxylation is 2. The van der Waals surface area contributed by atoms with E-state index in [1.165, 1.54) is 34.1 Å². The first-order chi connectivity index (χ1) is 24.7. The summed E-state index contributed by atoms with van der Waals surface area (Å²) in [5.74, 6) is -1.87. The van der Waals surface area contributed by atoms with Crippen molar-refractivity contribution in [2.24, 2.45) is 0 Å². The molecule has 2 aliphatic rings. The Balaban J connectivity index is 1.24. The summed E-state index contributed by atoms with van der Waals surface area (Å²) in [6.45, 7) is 2.82. The van der Waals surface area contributed by atoms with Gasteiger partial charge in [-0.25, -0.2) is 4.79 Å². The number of carbonyl (C=O) groups excluding carboxylic acids is 3. The number of nitrogens with zero attached hydrogens (tertiary/aromatic N) is 6. The van der Waals surface area contributed by atoms with E-state index in [9.17, 15) is 24.3 Å². The Labute approximate surface area is 298 Å². The number of amides is 2. The van der Waals surface area contributed by atoms with E-state index in [-0.39, 0.29) is 30.2 Å². The Bertz CT molecular complexity index is 2200. The second-order valence-corrected chi connectivity index (χ2v) is 13.1. The molecule has 3 heterocycles. The molecule has 2 amide bonds. The van der Waals surface area contributed by atoms with E-state index < -0.39 is 17.9 Å². The predicted octanol–water partition coefficient (Wildman–Crippen LogP) is 5.87. The number of hydrogen-bond donors (Lipinski definition) is 1. The lowest BCUT2D eigenvalue weighted by Crippen LogP contribution is -2.44. The average Bonchev–Trinajstić information content (AvgIpc) is 3.67. The van der Waals surface area contributed by atoms with Crippen LogP contribution in [0.5, 0.6) is 0 Å². The van der Waals surface area contributed by atoms with Gasteiger partial charge >= 0.3 is 5.97 Å². The van der Waals surface area contributed by atoms with Crippen molar-refractivity contribution < 1.29 is 24.3 Å². The van der Waals surface area contributed by atoms with E-state index in [0.29, 0.717) is 45.9 Å². The lowest BCUT2D eigenvalue weighted by atomic mass is 9.84. The SMILES string of the molecule is Cc1ccc2c(c1)CCCN2C(=O)c1cccc2c1CCN(C(=O)/C=C/c1cc(Cl)ccc1-n1cnnn1)C2C(=O)Cc1ccc(C(=O)O)cc1. The summed E-state index contributed by atoms with van der Waals surface area (Å²) >= 11 is 6.30. The van der Waals surface area contributed by atoms with Gasteiger partial charge in [-0.15, -0.1) is 5.10 Å². The van der Waals surface area contributed by atoms with Gasteiger partial charge in [-0.2, -0.15) is 4.68 Å². The van der Waals surface area contributed by atoms with Crippen molar-refractivity contribution in [3.8, 4) is 5.69 Å². The molecule has 0 saturated heterocycles. The van der Waals surface area contributed by atoms with Gasteiger partial charge < -0.3 is 14.9 Å². The highest BCUT2D eigenvalue weighted by Gasteiger charge is 2.37. The minimum absolute atomic E-state index is 0.0493. The van der Waals surface area contributed by atoms with Crippen molar-refractivity contribution in [1.82, 2.24) is 25.1 Å². The molecule has 0 aliphatic carbocycles. The van der Waals surface area contributed by atoms with Crippen LogP contribution in [-0.4, -0.2) is 66.9 Å². The highest BCUT2D eigenvalue weighted by Crippen LogP contribution is 2.36. The first-order valence-electron chi connectivity index (χ1n) is 16.6. The van der Waals surface area contributed by atoms with Gasteiger partial charge in [0.1, 0.15) is 12.4 Å². The van der Waals surface area contributed by atoms with Crippen molar-refractivity contribution in [3.63, 3.8) is 0 Å². The first-order valence-corrected chi connectivity index (χ1v) is 17.0. The second-order valence-electron chi connectivity index (χ2n) is 12.7. The maximum Gasteiger partial charge on any atom is 0.335 e. The monoisotopic (exact) mass is 700 g/mol. The highest BCUT2D eigenvalue weighted by atomic mass is 35.5. The lowest BCUT2D eigenvalue weighted by Gasteiger charge is -2.37. The maximum atomic E-state index is 14.3. The predicted molar refractivity (Wildman–Crippen MR) is 191 cm³/mol. The fourth-order valence-electron chi connectivity index (χ4n) is 7.00. The van der Waals surface area contributed by atoms with Gasteiger partial charge in [-0.05, 0) is 107 Å². The normalized spacial score (nSPS) is 15.4. The molecule has 4 aromatic carbocycles. The number of carboxylic acids is 1. The molecule has 1 atom stereocenters. The van der Waals surface area contributed by atoms with E-state index in [1.54, 1.807) is 48.5 Å². The van der Waals surface area contributed by atoms with Crippen LogP contribution in [0.1, 0.15) is 66.6 Å². The zero-order chi connectivity index (χ0) is 35.6. The Kier molecular flexibility index (Phi) is 9.29. The zero-order valence-corrected chi connectivity index (χ0v) is 28.5. The molecule has 1 N–H and O–H groups in total. The van der Waals surface area contributed by atoms with E-state index in [4.69, 9.17) is 11.6 Å². The third kappa shape index (κ3) is 6.80. The number of fused-ring (bicyclic) bond motifs is 2. The fourth-order valence-corrected chi connectivity index (χ4v) is 7.18. The van der Waals surface area contributed by atoms with Gasteiger partial charge in [0.05, 0.1) is 11.3 Å². The molecule has 0 fully saturated rings. The molecule has 0 radical (unpaired) electrons. The number of hydrogen-bond acceptors (Lipinski definition) is 7. The largest absolute Gasteiger partial charge is 0.478 e. The molecule has 256 valence electrons. The second kappa shape index (κ2) is 14.1. The standard InChI is InChI=1S/C39H33ClN6O5/c1-24-7-14-33-27(20-24)4-3-18-44(33)38(49)32-6-2-5-31-30(32)17-19-45(37(31)35(47)21-25-8-10-26(11-9-25)39(50)51)36(48)16-12-28-22-29(40)13-15-34(28)46-23-41-42-43-46/h2,5-16,20,22-23,37H,3-4,17-19,21H2,1H3,(H,50,51)/b16-12+. The molecule has 1 unspecified atom stereocenters. The molecule has 0 spiro atoms. The van der Waals surface area contributed by atoms with Crippen LogP contribution in [0, 0.1) is 6.92 Å². The number of anilines is 1. The topological polar surface area (TPSA) is 139 Å². The summed E-state index contributed by atoms with van der Waals surface area (Å²) in [5.41, 5.74) is 6.92. The molecule has 0 bridgehead atoms. The maximum absolute atomic E-state index is 14.3.